The molecular weight excluding hydrogens is 541 g/mol. The van der Waals surface area contributed by atoms with Crippen molar-refractivity contribution < 1.29 is 23.3 Å². The van der Waals surface area contributed by atoms with Gasteiger partial charge in [-0.05, 0) is 48.1 Å². The van der Waals surface area contributed by atoms with Crippen molar-refractivity contribution in [1.82, 2.24) is 4.90 Å². The van der Waals surface area contributed by atoms with E-state index in [1.807, 2.05) is 13.0 Å². The standard InChI is InChI=1S/C30H52N2O6Si2/c1-14-23-15-24(19-37-39(12,13)30(8,9)10)31(18-23)29(33)25-16-27(36-11)28(17-26(25)32(34)35)38-40(20(2)3,21(4)5)22(6)7/h14,16-17,20-22,24H,15,18-19H2,1-13H3. The van der Waals surface area contributed by atoms with E-state index in [0.29, 0.717) is 31.1 Å². The summed E-state index contributed by atoms with van der Waals surface area (Å²) >= 11 is 0. The van der Waals surface area contributed by atoms with Crippen LogP contribution in [0.2, 0.25) is 34.8 Å². The number of nitrogens with zero attached hydrogens (tertiary/aromatic N) is 2. The zero-order valence-electron chi connectivity index (χ0n) is 27.0. The minimum atomic E-state index is -2.43. The SMILES string of the molecule is CC=C1CC(CO[Si](C)(C)C(C)(C)C)N(C(=O)c2cc(OC)c(O[Si](C(C)C)(C(C)C)C(C)C)cc2[N+](=O)[O-])C1. The second kappa shape index (κ2) is 12.8. The third kappa shape index (κ3) is 6.82. The van der Waals surface area contributed by atoms with Crippen molar-refractivity contribution in [1.29, 1.82) is 0 Å². The lowest BCUT2D eigenvalue weighted by atomic mass is 10.1. The Morgan fingerprint density at radius 2 is 1.65 bits per heavy atom. The van der Waals surface area contributed by atoms with Crippen molar-refractivity contribution in [3.05, 3.63) is 39.5 Å². The van der Waals surface area contributed by atoms with Crippen LogP contribution in [0.1, 0.15) is 86.0 Å². The van der Waals surface area contributed by atoms with Crippen molar-refractivity contribution in [2.45, 2.75) is 116 Å². The Morgan fingerprint density at radius 1 is 1.10 bits per heavy atom. The fourth-order valence-electron chi connectivity index (χ4n) is 5.75. The first-order valence-corrected chi connectivity index (χ1v) is 19.5. The molecule has 0 aliphatic carbocycles. The van der Waals surface area contributed by atoms with Gasteiger partial charge in [0, 0.05) is 12.6 Å². The molecule has 8 nitrogen and oxygen atoms in total. The van der Waals surface area contributed by atoms with Crippen LogP contribution in [0.25, 0.3) is 0 Å². The number of amides is 1. The highest BCUT2D eigenvalue weighted by atomic mass is 28.4. The molecule has 1 aromatic rings. The van der Waals surface area contributed by atoms with Gasteiger partial charge in [-0.2, -0.15) is 0 Å². The zero-order chi connectivity index (χ0) is 30.8. The number of carbonyl (C=O) groups is 1. The van der Waals surface area contributed by atoms with Crippen molar-refractivity contribution >= 4 is 28.2 Å². The highest BCUT2D eigenvalue weighted by molar-refractivity contribution is 6.78. The molecule has 1 atom stereocenters. The molecule has 1 aromatic carbocycles. The number of allylic oxidation sites excluding steroid dienone is 1. The van der Waals surface area contributed by atoms with E-state index >= 15 is 0 Å². The van der Waals surface area contributed by atoms with E-state index in [2.05, 4.69) is 75.4 Å². The molecule has 10 heteroatoms. The summed E-state index contributed by atoms with van der Waals surface area (Å²) in [4.78, 5) is 27.6. The van der Waals surface area contributed by atoms with Gasteiger partial charge in [0.25, 0.3) is 19.9 Å². The monoisotopic (exact) mass is 592 g/mol. The summed E-state index contributed by atoms with van der Waals surface area (Å²) in [7, 11) is -2.97. The number of rotatable bonds is 11. The lowest BCUT2D eigenvalue weighted by Crippen LogP contribution is -2.50. The van der Waals surface area contributed by atoms with Crippen LogP contribution in [0, 0.1) is 10.1 Å². The molecule has 0 radical (unpaired) electrons. The van der Waals surface area contributed by atoms with Gasteiger partial charge in [-0.3, -0.25) is 14.9 Å². The number of hydrogen-bond acceptors (Lipinski definition) is 6. The number of nitro groups is 1. The van der Waals surface area contributed by atoms with Crippen molar-refractivity contribution in [2.75, 3.05) is 20.3 Å². The van der Waals surface area contributed by atoms with Gasteiger partial charge in [-0.15, -0.1) is 0 Å². The largest absolute Gasteiger partial charge is 0.540 e. The molecule has 40 heavy (non-hydrogen) atoms. The highest BCUT2D eigenvalue weighted by Gasteiger charge is 2.48. The van der Waals surface area contributed by atoms with Gasteiger partial charge in [0.2, 0.25) is 0 Å². The molecule has 1 amide bonds. The third-order valence-corrected chi connectivity index (χ3v) is 19.6. The summed E-state index contributed by atoms with van der Waals surface area (Å²) in [5.74, 6) is 0.284. The van der Waals surface area contributed by atoms with Gasteiger partial charge in [-0.1, -0.05) is 74.0 Å². The predicted molar refractivity (Wildman–Crippen MR) is 168 cm³/mol. The normalized spacial score (nSPS) is 17.9. The molecule has 0 N–H and O–H groups in total. The van der Waals surface area contributed by atoms with Crippen molar-refractivity contribution in [3.63, 3.8) is 0 Å². The molecule has 0 saturated carbocycles. The molecule has 0 bridgehead atoms. The fourth-order valence-corrected chi connectivity index (χ4v) is 12.0. The Kier molecular flexibility index (Phi) is 10.9. The predicted octanol–water partition coefficient (Wildman–Crippen LogP) is 8.34. The van der Waals surface area contributed by atoms with Crippen LogP contribution in [0.4, 0.5) is 5.69 Å². The highest BCUT2D eigenvalue weighted by Crippen LogP contribution is 2.46. The Labute approximate surface area is 243 Å². The van der Waals surface area contributed by atoms with E-state index < -0.39 is 27.5 Å². The molecule has 1 aliphatic rings. The lowest BCUT2D eigenvalue weighted by Gasteiger charge is -2.42. The number of likely N-dealkylation sites (tertiary alicyclic amines) is 1. The first-order chi connectivity index (χ1) is 18.3. The number of methoxy groups -OCH3 is 1. The lowest BCUT2D eigenvalue weighted by molar-refractivity contribution is -0.385. The van der Waals surface area contributed by atoms with E-state index in [1.54, 1.807) is 4.90 Å². The molecule has 1 saturated heterocycles. The van der Waals surface area contributed by atoms with Gasteiger partial charge >= 0.3 is 0 Å². The average molecular weight is 593 g/mol. The Hall–Kier alpha value is -2.18. The summed E-state index contributed by atoms with van der Waals surface area (Å²) < 4.78 is 19.0. The molecule has 0 spiro atoms. The zero-order valence-corrected chi connectivity index (χ0v) is 29.0. The minimum Gasteiger partial charge on any atom is -0.540 e. The summed E-state index contributed by atoms with van der Waals surface area (Å²) in [6.07, 6.45) is 2.71. The van der Waals surface area contributed by atoms with Crippen LogP contribution in [-0.2, 0) is 4.43 Å². The number of carbonyl (C=O) groups excluding carboxylic acids is 1. The maximum Gasteiger partial charge on any atom is 0.286 e. The minimum absolute atomic E-state index is 0.00906. The van der Waals surface area contributed by atoms with Crippen LogP contribution in [0.3, 0.4) is 0 Å². The second-order valence-electron chi connectivity index (χ2n) is 13.5. The molecule has 226 valence electrons. The van der Waals surface area contributed by atoms with E-state index in [-0.39, 0.29) is 39.0 Å². The number of ether oxygens (including phenoxy) is 1. The second-order valence-corrected chi connectivity index (χ2v) is 23.7. The van der Waals surface area contributed by atoms with Crippen molar-refractivity contribution in [3.8, 4) is 11.5 Å². The number of hydrogen-bond donors (Lipinski definition) is 0. The number of nitro benzene ring substituents is 1. The van der Waals surface area contributed by atoms with Crippen LogP contribution in [-0.4, -0.2) is 58.7 Å². The first kappa shape index (κ1) is 34.0. The van der Waals surface area contributed by atoms with Gasteiger partial charge in [0.15, 0.2) is 19.8 Å². The fraction of sp³-hybridized carbons (Fsp3) is 0.700. The number of benzene rings is 1. The van der Waals surface area contributed by atoms with Crippen LogP contribution < -0.4 is 9.16 Å². The Morgan fingerprint density at radius 3 is 2.08 bits per heavy atom. The Balaban J connectivity index is 2.57. The first-order valence-electron chi connectivity index (χ1n) is 14.5. The summed E-state index contributed by atoms with van der Waals surface area (Å²) in [5.41, 5.74) is 1.66. The van der Waals surface area contributed by atoms with Crippen LogP contribution >= 0.6 is 0 Å². The average Bonchev–Trinajstić information content (AvgIpc) is 3.27. The van der Waals surface area contributed by atoms with Crippen LogP contribution in [0.5, 0.6) is 11.5 Å². The quantitative estimate of drug-likeness (QED) is 0.111. The summed E-state index contributed by atoms with van der Waals surface area (Å²) in [6.45, 7) is 26.6. The smallest absolute Gasteiger partial charge is 0.286 e. The van der Waals surface area contributed by atoms with Crippen molar-refractivity contribution in [2.24, 2.45) is 0 Å². The summed E-state index contributed by atoms with van der Waals surface area (Å²) in [5, 5.41) is 12.4. The molecule has 1 aliphatic heterocycles. The molecule has 1 fully saturated rings. The molecular formula is C30H52N2O6Si2. The maximum atomic E-state index is 14.0. The molecule has 1 unspecified atom stereocenters. The summed E-state index contributed by atoms with van der Waals surface area (Å²) in [6, 6.07) is 2.70. The molecule has 1 heterocycles. The maximum absolute atomic E-state index is 14.0. The van der Waals surface area contributed by atoms with Gasteiger partial charge < -0.3 is 18.5 Å². The van der Waals surface area contributed by atoms with E-state index in [4.69, 9.17) is 13.6 Å². The van der Waals surface area contributed by atoms with Gasteiger partial charge in [0.1, 0.15) is 5.56 Å². The Bertz CT molecular complexity index is 1090. The molecule has 0 aromatic heterocycles. The van der Waals surface area contributed by atoms with Crippen LogP contribution in [0.15, 0.2) is 23.8 Å². The van der Waals surface area contributed by atoms with Gasteiger partial charge in [0.05, 0.1) is 30.7 Å². The van der Waals surface area contributed by atoms with Gasteiger partial charge in [-0.25, -0.2) is 0 Å². The van der Waals surface area contributed by atoms with E-state index in [1.165, 1.54) is 19.2 Å². The molecule has 2 rings (SSSR count). The topological polar surface area (TPSA) is 91.1 Å². The third-order valence-electron chi connectivity index (χ3n) is 9.13. The van der Waals surface area contributed by atoms with E-state index in [0.717, 1.165) is 5.57 Å². The van der Waals surface area contributed by atoms with E-state index in [9.17, 15) is 14.9 Å².